The number of rotatable bonds is 3. The van der Waals surface area contributed by atoms with E-state index >= 15 is 0 Å². The highest BCUT2D eigenvalue weighted by Crippen LogP contribution is 2.30. The van der Waals surface area contributed by atoms with Crippen molar-refractivity contribution in [1.82, 2.24) is 14.9 Å². The van der Waals surface area contributed by atoms with E-state index in [2.05, 4.69) is 14.9 Å². The van der Waals surface area contributed by atoms with Crippen LogP contribution in [0, 0.1) is 5.82 Å². The van der Waals surface area contributed by atoms with E-state index in [1.807, 2.05) is 6.20 Å². The number of aromatic nitrogens is 2. The smallest absolute Gasteiger partial charge is 0.199 e. The quantitative estimate of drug-likeness (QED) is 0.796. The summed E-state index contributed by atoms with van der Waals surface area (Å²) in [5.74, 6) is 0.650. The molecule has 3 aromatic rings. The molecule has 0 aliphatic carbocycles. The molecule has 0 saturated carbocycles. The molecular weight excluding hydrogens is 315 g/mol. The molecule has 1 atom stereocenters. The van der Waals surface area contributed by atoms with Crippen LogP contribution in [0.25, 0.3) is 11.1 Å². The molecule has 2 N–H and O–H groups in total. The number of piperidine rings is 1. The van der Waals surface area contributed by atoms with Gasteiger partial charge in [-0.3, -0.25) is 4.90 Å². The number of nitrogens with zero attached hydrogens (tertiary/aromatic N) is 3. The van der Waals surface area contributed by atoms with E-state index < -0.39 is 0 Å². The van der Waals surface area contributed by atoms with Crippen LogP contribution < -0.4 is 5.73 Å². The van der Waals surface area contributed by atoms with Gasteiger partial charge in [0.25, 0.3) is 0 Å². The summed E-state index contributed by atoms with van der Waals surface area (Å²) in [5.41, 5.74) is 6.93. The molecule has 5 nitrogen and oxygen atoms in total. The van der Waals surface area contributed by atoms with Crippen LogP contribution in [0.1, 0.15) is 29.5 Å². The average molecular weight is 332 g/mol. The Morgan fingerprint density at radius 1 is 1.43 bits per heavy atom. The van der Waals surface area contributed by atoms with Crippen molar-refractivity contribution in [2.75, 3.05) is 18.8 Å². The normalized spacial score (nSPS) is 19.4. The van der Waals surface area contributed by atoms with Gasteiger partial charge in [-0.05, 0) is 31.5 Å². The predicted molar refractivity (Wildman–Crippen MR) is 87.7 cm³/mol. The number of halogens is 1. The number of nitrogens with two attached hydrogens (primary N) is 1. The highest BCUT2D eigenvalue weighted by atomic mass is 32.1. The Balaban J connectivity index is 1.51. The van der Waals surface area contributed by atoms with Gasteiger partial charge in [-0.25, -0.2) is 14.4 Å². The minimum Gasteiger partial charge on any atom is -0.440 e. The molecule has 1 fully saturated rings. The number of anilines is 1. The summed E-state index contributed by atoms with van der Waals surface area (Å²) in [6.45, 7) is 2.77. The minimum absolute atomic E-state index is 0.240. The van der Waals surface area contributed by atoms with Gasteiger partial charge in [-0.1, -0.05) is 0 Å². The zero-order valence-electron chi connectivity index (χ0n) is 12.5. The summed E-state index contributed by atoms with van der Waals surface area (Å²) in [5, 5.41) is 0.606. The van der Waals surface area contributed by atoms with E-state index in [4.69, 9.17) is 10.2 Å². The molecule has 1 aliphatic heterocycles. The molecule has 1 saturated heterocycles. The summed E-state index contributed by atoms with van der Waals surface area (Å²) in [7, 11) is 0. The lowest BCUT2D eigenvalue weighted by molar-refractivity contribution is 0.188. The standard InChI is InChI=1S/C16H17FN4OS/c17-11-3-4-13-14(6-11)22-15(20-13)10-2-1-5-21(8-10)9-12-7-19-16(18)23-12/h3-4,6-7,10H,1-2,5,8-9H2,(H2,18,19). The van der Waals surface area contributed by atoms with Crippen LogP contribution in [0.2, 0.25) is 0 Å². The highest BCUT2D eigenvalue weighted by molar-refractivity contribution is 7.15. The molecule has 1 aromatic carbocycles. The molecule has 0 bridgehead atoms. The maximum Gasteiger partial charge on any atom is 0.199 e. The Morgan fingerprint density at radius 3 is 3.17 bits per heavy atom. The number of nitrogen functional groups attached to an aromatic ring is 1. The average Bonchev–Trinajstić information content (AvgIpc) is 3.13. The van der Waals surface area contributed by atoms with Crippen molar-refractivity contribution in [2.45, 2.75) is 25.3 Å². The predicted octanol–water partition coefficient (Wildman–Crippen LogP) is 3.39. The Bertz CT molecular complexity index is 830. The van der Waals surface area contributed by atoms with Crippen LogP contribution >= 0.6 is 11.3 Å². The first kappa shape index (κ1) is 14.6. The van der Waals surface area contributed by atoms with E-state index in [0.717, 1.165) is 32.5 Å². The summed E-state index contributed by atoms with van der Waals surface area (Å²) < 4.78 is 19.1. The third-order valence-electron chi connectivity index (χ3n) is 4.17. The van der Waals surface area contributed by atoms with Crippen LogP contribution in [0.3, 0.4) is 0 Å². The van der Waals surface area contributed by atoms with Crippen molar-refractivity contribution in [3.63, 3.8) is 0 Å². The summed E-state index contributed by atoms with van der Waals surface area (Å²) >= 11 is 1.53. The van der Waals surface area contributed by atoms with Gasteiger partial charge in [0, 0.05) is 36.1 Å². The van der Waals surface area contributed by atoms with Gasteiger partial charge in [0.2, 0.25) is 0 Å². The van der Waals surface area contributed by atoms with Crippen LogP contribution in [0.15, 0.2) is 28.8 Å². The zero-order valence-corrected chi connectivity index (χ0v) is 13.4. The van der Waals surface area contributed by atoms with E-state index in [1.165, 1.54) is 28.3 Å². The second-order valence-corrected chi connectivity index (χ2v) is 7.05. The molecule has 3 heterocycles. The fourth-order valence-corrected chi connectivity index (χ4v) is 3.83. The Hall–Kier alpha value is -1.99. The van der Waals surface area contributed by atoms with Crippen LogP contribution in [0.4, 0.5) is 9.52 Å². The molecule has 0 radical (unpaired) electrons. The number of hydrogen-bond donors (Lipinski definition) is 1. The Morgan fingerprint density at radius 2 is 2.35 bits per heavy atom. The van der Waals surface area contributed by atoms with Crippen molar-refractivity contribution >= 4 is 27.6 Å². The van der Waals surface area contributed by atoms with E-state index in [9.17, 15) is 4.39 Å². The molecular formula is C16H17FN4OS. The number of likely N-dealkylation sites (tertiary alicyclic amines) is 1. The van der Waals surface area contributed by atoms with Gasteiger partial charge < -0.3 is 10.2 Å². The first-order valence-corrected chi connectivity index (χ1v) is 8.47. The van der Waals surface area contributed by atoms with Crippen LogP contribution in [0.5, 0.6) is 0 Å². The first-order chi connectivity index (χ1) is 11.2. The van der Waals surface area contributed by atoms with Gasteiger partial charge in [0.05, 0.1) is 0 Å². The fourth-order valence-electron chi connectivity index (χ4n) is 3.11. The van der Waals surface area contributed by atoms with Crippen molar-refractivity contribution in [2.24, 2.45) is 0 Å². The Labute approximate surface area is 136 Å². The number of oxazole rings is 1. The fraction of sp³-hybridized carbons (Fsp3) is 0.375. The Kier molecular flexibility index (Phi) is 3.74. The minimum atomic E-state index is -0.298. The molecule has 0 amide bonds. The number of benzene rings is 1. The van der Waals surface area contributed by atoms with Gasteiger partial charge >= 0.3 is 0 Å². The van der Waals surface area contributed by atoms with Gasteiger partial charge in [0.15, 0.2) is 16.6 Å². The number of thiazole rings is 1. The second-order valence-electron chi connectivity index (χ2n) is 5.90. The van der Waals surface area contributed by atoms with Gasteiger partial charge in [-0.15, -0.1) is 11.3 Å². The largest absolute Gasteiger partial charge is 0.440 e. The van der Waals surface area contributed by atoms with E-state index in [-0.39, 0.29) is 11.7 Å². The molecule has 1 unspecified atom stereocenters. The summed E-state index contributed by atoms with van der Waals surface area (Å²) in [4.78, 5) is 12.2. The maximum absolute atomic E-state index is 13.3. The lowest BCUT2D eigenvalue weighted by atomic mass is 9.98. The number of hydrogen-bond acceptors (Lipinski definition) is 6. The van der Waals surface area contributed by atoms with Gasteiger partial charge in [-0.2, -0.15) is 0 Å². The molecule has 23 heavy (non-hydrogen) atoms. The van der Waals surface area contributed by atoms with Crippen molar-refractivity contribution in [3.05, 3.63) is 41.0 Å². The van der Waals surface area contributed by atoms with Crippen molar-refractivity contribution in [1.29, 1.82) is 0 Å². The molecule has 1 aliphatic rings. The number of fused-ring (bicyclic) bond motifs is 1. The van der Waals surface area contributed by atoms with Crippen LogP contribution in [-0.4, -0.2) is 28.0 Å². The van der Waals surface area contributed by atoms with E-state index in [0.29, 0.717) is 22.1 Å². The topological polar surface area (TPSA) is 68.2 Å². The summed E-state index contributed by atoms with van der Waals surface area (Å²) in [6.07, 6.45) is 3.97. The maximum atomic E-state index is 13.3. The van der Waals surface area contributed by atoms with Crippen molar-refractivity contribution in [3.8, 4) is 0 Å². The van der Waals surface area contributed by atoms with Gasteiger partial charge in [0.1, 0.15) is 11.3 Å². The van der Waals surface area contributed by atoms with Crippen molar-refractivity contribution < 1.29 is 8.81 Å². The lowest BCUT2D eigenvalue weighted by Crippen LogP contribution is -2.33. The zero-order chi connectivity index (χ0) is 15.8. The monoisotopic (exact) mass is 332 g/mol. The van der Waals surface area contributed by atoms with E-state index in [1.54, 1.807) is 6.07 Å². The molecule has 7 heteroatoms. The highest BCUT2D eigenvalue weighted by Gasteiger charge is 2.26. The third-order valence-corrected chi connectivity index (χ3v) is 4.98. The SMILES string of the molecule is Nc1ncc(CN2CCCC(c3nc4ccc(F)cc4o3)C2)s1. The summed E-state index contributed by atoms with van der Waals surface area (Å²) in [6, 6.07) is 4.47. The molecule has 2 aromatic heterocycles. The first-order valence-electron chi connectivity index (χ1n) is 7.66. The molecule has 0 spiro atoms. The third kappa shape index (κ3) is 3.07. The molecule has 120 valence electrons. The second kappa shape index (κ2) is 5.90. The molecule has 4 rings (SSSR count). The van der Waals surface area contributed by atoms with Crippen LogP contribution in [-0.2, 0) is 6.54 Å². The lowest BCUT2D eigenvalue weighted by Gasteiger charge is -2.30.